The smallest absolute Gasteiger partial charge is 0.261 e. The second-order valence-corrected chi connectivity index (χ2v) is 8.12. The molecule has 0 fully saturated rings. The first kappa shape index (κ1) is 19.2. The lowest BCUT2D eigenvalue weighted by Gasteiger charge is -2.07. The van der Waals surface area contributed by atoms with Crippen molar-refractivity contribution in [2.45, 2.75) is 6.42 Å². The molecule has 3 aromatic rings. The van der Waals surface area contributed by atoms with Crippen molar-refractivity contribution in [1.29, 1.82) is 0 Å². The zero-order valence-electron chi connectivity index (χ0n) is 14.9. The Morgan fingerprint density at radius 2 is 1.81 bits per heavy atom. The van der Waals surface area contributed by atoms with E-state index < -0.39 is 0 Å². The van der Waals surface area contributed by atoms with Gasteiger partial charge in [0, 0.05) is 27.2 Å². The van der Waals surface area contributed by atoms with Crippen LogP contribution in [0.5, 0.6) is 0 Å². The van der Waals surface area contributed by atoms with Crippen LogP contribution in [0.3, 0.4) is 0 Å². The van der Waals surface area contributed by atoms with Crippen LogP contribution in [0, 0.1) is 5.82 Å². The number of hydrogen-bond donors (Lipinski definition) is 2. The number of aromatic nitrogens is 1. The largest absolute Gasteiger partial charge is 0.354 e. The molecule has 1 aromatic carbocycles. The molecule has 0 aliphatic rings. The van der Waals surface area contributed by atoms with Gasteiger partial charge >= 0.3 is 0 Å². The third-order valence-electron chi connectivity index (χ3n) is 3.70. The molecule has 142 valence electrons. The standard InChI is InChI=1S/C18H19FN4O2S2/c1-23(2)18-22-17-14(27-18)10-13(26-17)16(25)21-8-7-20-15(24)9-11-3-5-12(19)6-4-11/h3-6,10H,7-9H2,1-2H3,(H,20,24)(H,21,25). The maximum atomic E-state index is 12.8. The Bertz CT molecular complexity index is 919. The second-order valence-electron chi connectivity index (χ2n) is 6.08. The van der Waals surface area contributed by atoms with Crippen LogP contribution in [0.1, 0.15) is 15.2 Å². The summed E-state index contributed by atoms with van der Waals surface area (Å²) in [5.41, 5.74) is 0.737. The number of carbonyl (C=O) groups excluding carboxylic acids is 2. The molecule has 0 aliphatic carbocycles. The Morgan fingerprint density at radius 1 is 1.11 bits per heavy atom. The Kier molecular flexibility index (Phi) is 6.02. The van der Waals surface area contributed by atoms with Gasteiger partial charge in [-0.3, -0.25) is 9.59 Å². The number of fused-ring (bicyclic) bond motifs is 1. The van der Waals surface area contributed by atoms with Crippen LogP contribution in [0.4, 0.5) is 9.52 Å². The van der Waals surface area contributed by atoms with E-state index >= 15 is 0 Å². The molecule has 0 spiro atoms. The fraction of sp³-hybridized carbons (Fsp3) is 0.278. The van der Waals surface area contributed by atoms with Crippen molar-refractivity contribution in [2.75, 3.05) is 32.1 Å². The molecule has 2 heterocycles. The highest BCUT2D eigenvalue weighted by molar-refractivity contribution is 7.29. The summed E-state index contributed by atoms with van der Waals surface area (Å²) in [5, 5.41) is 6.43. The summed E-state index contributed by atoms with van der Waals surface area (Å²) in [6.07, 6.45) is 0.176. The zero-order valence-corrected chi connectivity index (χ0v) is 16.5. The molecule has 0 unspecified atom stereocenters. The monoisotopic (exact) mass is 406 g/mol. The number of amides is 2. The van der Waals surface area contributed by atoms with Gasteiger partial charge in [-0.1, -0.05) is 23.5 Å². The Hall–Kier alpha value is -2.52. The predicted molar refractivity (Wildman–Crippen MR) is 107 cm³/mol. The summed E-state index contributed by atoms with van der Waals surface area (Å²) in [7, 11) is 3.86. The molecule has 0 saturated heterocycles. The number of hydrogen-bond acceptors (Lipinski definition) is 6. The summed E-state index contributed by atoms with van der Waals surface area (Å²) >= 11 is 2.90. The third kappa shape index (κ3) is 5.01. The number of thiophene rings is 1. The van der Waals surface area contributed by atoms with Crippen molar-refractivity contribution in [3.8, 4) is 0 Å². The molecule has 2 amide bonds. The van der Waals surface area contributed by atoms with Gasteiger partial charge in [0.15, 0.2) is 5.13 Å². The quantitative estimate of drug-likeness (QED) is 0.592. The normalized spacial score (nSPS) is 10.8. The Morgan fingerprint density at radius 3 is 2.48 bits per heavy atom. The third-order valence-corrected chi connectivity index (χ3v) is 6.02. The number of halogens is 1. The van der Waals surface area contributed by atoms with Crippen molar-refractivity contribution in [3.63, 3.8) is 0 Å². The van der Waals surface area contributed by atoms with E-state index in [-0.39, 0.29) is 24.1 Å². The topological polar surface area (TPSA) is 74.3 Å². The van der Waals surface area contributed by atoms with Gasteiger partial charge in [0.25, 0.3) is 5.91 Å². The first-order valence-corrected chi connectivity index (χ1v) is 9.92. The molecule has 27 heavy (non-hydrogen) atoms. The molecule has 0 aliphatic heterocycles. The minimum Gasteiger partial charge on any atom is -0.354 e. The summed E-state index contributed by atoms with van der Waals surface area (Å²) in [4.78, 5) is 31.9. The van der Waals surface area contributed by atoms with E-state index in [1.165, 1.54) is 23.5 Å². The lowest BCUT2D eigenvalue weighted by Crippen LogP contribution is -2.35. The molecule has 2 N–H and O–H groups in total. The Labute approximate surface area is 164 Å². The molecule has 9 heteroatoms. The number of benzene rings is 1. The van der Waals surface area contributed by atoms with E-state index in [1.54, 1.807) is 23.5 Å². The molecule has 2 aromatic heterocycles. The van der Waals surface area contributed by atoms with Gasteiger partial charge in [-0.15, -0.1) is 11.3 Å². The van der Waals surface area contributed by atoms with Crippen LogP contribution in [-0.2, 0) is 11.2 Å². The minimum absolute atomic E-state index is 0.173. The van der Waals surface area contributed by atoms with E-state index in [1.807, 2.05) is 25.1 Å². The van der Waals surface area contributed by atoms with Gasteiger partial charge in [-0.2, -0.15) is 0 Å². The molecule has 0 radical (unpaired) electrons. The molecule has 0 bridgehead atoms. The molecule has 0 saturated carbocycles. The molecular weight excluding hydrogens is 387 g/mol. The van der Waals surface area contributed by atoms with Crippen molar-refractivity contribution < 1.29 is 14.0 Å². The fourth-order valence-corrected chi connectivity index (χ4v) is 4.39. The van der Waals surface area contributed by atoms with Gasteiger partial charge in [-0.25, -0.2) is 9.37 Å². The highest BCUT2D eigenvalue weighted by Gasteiger charge is 2.14. The van der Waals surface area contributed by atoms with Crippen LogP contribution in [0.2, 0.25) is 0 Å². The number of rotatable bonds is 7. The highest BCUT2D eigenvalue weighted by Crippen LogP contribution is 2.33. The zero-order chi connectivity index (χ0) is 19.4. The average molecular weight is 407 g/mol. The lowest BCUT2D eigenvalue weighted by atomic mass is 10.1. The first-order valence-electron chi connectivity index (χ1n) is 8.29. The number of nitrogens with one attached hydrogen (secondary N) is 2. The van der Waals surface area contributed by atoms with Crippen molar-refractivity contribution in [1.82, 2.24) is 15.6 Å². The van der Waals surface area contributed by atoms with E-state index in [9.17, 15) is 14.0 Å². The van der Waals surface area contributed by atoms with Gasteiger partial charge in [0.1, 0.15) is 10.6 Å². The number of nitrogens with zero attached hydrogens (tertiary/aromatic N) is 2. The SMILES string of the molecule is CN(C)c1nc2sc(C(=O)NCCNC(=O)Cc3ccc(F)cc3)cc2s1. The molecule has 0 atom stereocenters. The van der Waals surface area contributed by atoms with Crippen molar-refractivity contribution >= 4 is 49.1 Å². The minimum atomic E-state index is -0.330. The second kappa shape index (κ2) is 8.45. The van der Waals surface area contributed by atoms with Crippen LogP contribution >= 0.6 is 22.7 Å². The fourth-order valence-electron chi connectivity index (χ4n) is 2.34. The maximum Gasteiger partial charge on any atom is 0.261 e. The summed E-state index contributed by atoms with van der Waals surface area (Å²) in [5.74, 6) is -0.680. The first-order chi connectivity index (χ1) is 12.9. The van der Waals surface area contributed by atoms with Crippen LogP contribution in [0.25, 0.3) is 9.53 Å². The van der Waals surface area contributed by atoms with Gasteiger partial charge < -0.3 is 15.5 Å². The van der Waals surface area contributed by atoms with Crippen molar-refractivity contribution in [3.05, 3.63) is 46.6 Å². The van der Waals surface area contributed by atoms with E-state index in [4.69, 9.17) is 0 Å². The average Bonchev–Trinajstić information content (AvgIpc) is 3.20. The van der Waals surface area contributed by atoms with Crippen molar-refractivity contribution in [2.24, 2.45) is 0 Å². The van der Waals surface area contributed by atoms with Crippen LogP contribution in [0.15, 0.2) is 30.3 Å². The summed E-state index contributed by atoms with van der Waals surface area (Å²) in [6, 6.07) is 7.65. The highest BCUT2D eigenvalue weighted by atomic mass is 32.1. The van der Waals surface area contributed by atoms with E-state index in [0.717, 1.165) is 20.2 Å². The summed E-state index contributed by atoms with van der Waals surface area (Å²) < 4.78 is 13.8. The van der Waals surface area contributed by atoms with Crippen LogP contribution < -0.4 is 15.5 Å². The molecule has 3 rings (SSSR count). The van der Waals surface area contributed by atoms with Gasteiger partial charge in [-0.05, 0) is 23.8 Å². The number of anilines is 1. The molecular formula is C18H19FN4O2S2. The summed E-state index contributed by atoms with van der Waals surface area (Å²) in [6.45, 7) is 0.657. The van der Waals surface area contributed by atoms with Gasteiger partial charge in [0.2, 0.25) is 5.91 Å². The van der Waals surface area contributed by atoms with Gasteiger partial charge in [0.05, 0.1) is 16.0 Å². The van der Waals surface area contributed by atoms with E-state index in [2.05, 4.69) is 15.6 Å². The Balaban J connectivity index is 1.43. The molecule has 6 nitrogen and oxygen atoms in total. The van der Waals surface area contributed by atoms with Crippen LogP contribution in [-0.4, -0.2) is 44.0 Å². The number of thiazole rings is 1. The number of carbonyl (C=O) groups is 2. The predicted octanol–water partition coefficient (Wildman–Crippen LogP) is 2.65. The maximum absolute atomic E-state index is 12.8. The van der Waals surface area contributed by atoms with E-state index in [0.29, 0.717) is 18.0 Å². The lowest BCUT2D eigenvalue weighted by molar-refractivity contribution is -0.120.